The number of hydrogen-bond acceptors (Lipinski definition) is 0. The first-order valence-electron chi connectivity index (χ1n) is 4.78. The fourth-order valence-corrected chi connectivity index (χ4v) is 1.90. The van der Waals surface area contributed by atoms with Crippen molar-refractivity contribution in [3.8, 4) is 0 Å². The topological polar surface area (TPSA) is 0 Å². The van der Waals surface area contributed by atoms with Crippen LogP contribution in [0.25, 0.3) is 0 Å². The van der Waals surface area contributed by atoms with Crippen LogP contribution in [0, 0.1) is 0 Å². The van der Waals surface area contributed by atoms with E-state index >= 15 is 0 Å². The standard InChI is InChI=1S/C11H17.Pt/c1-2-8-11-9-6-4-3-5-7-10-11;/h3-4,10H,1-2,5-9H2;. The van der Waals surface area contributed by atoms with Crippen molar-refractivity contribution in [1.29, 1.82) is 0 Å². The molecule has 0 bridgehead atoms. The molecule has 0 N–H and O–H groups in total. The van der Waals surface area contributed by atoms with Crippen molar-refractivity contribution < 1.29 is 19.8 Å². The summed E-state index contributed by atoms with van der Waals surface area (Å²) in [5.74, 6) is 0. The van der Waals surface area contributed by atoms with Crippen LogP contribution in [-0.2, 0) is 19.8 Å². The molecule has 0 unspecified atom stereocenters. The van der Waals surface area contributed by atoms with Gasteiger partial charge in [-0.25, -0.2) is 0 Å². The van der Waals surface area contributed by atoms with Gasteiger partial charge in [0.25, 0.3) is 0 Å². The van der Waals surface area contributed by atoms with E-state index in [2.05, 4.69) is 38.0 Å². The van der Waals surface area contributed by atoms with Gasteiger partial charge in [0.2, 0.25) is 0 Å². The van der Waals surface area contributed by atoms with Crippen LogP contribution in [0.5, 0.6) is 0 Å². The molecule has 0 nitrogen and oxygen atoms in total. The summed E-state index contributed by atoms with van der Waals surface area (Å²) in [6.45, 7) is 0. The van der Waals surface area contributed by atoms with Crippen LogP contribution in [0.1, 0.15) is 38.5 Å². The van der Waals surface area contributed by atoms with Crippen molar-refractivity contribution in [2.45, 2.75) is 43.3 Å². The summed E-state index contributed by atoms with van der Waals surface area (Å²) < 4.78 is 0. The van der Waals surface area contributed by atoms with Crippen LogP contribution in [0.3, 0.4) is 0 Å². The monoisotopic (exact) mass is 344 g/mol. The summed E-state index contributed by atoms with van der Waals surface area (Å²) in [7, 11) is 0. The molecule has 1 rings (SSSR count). The second-order valence-corrected chi connectivity index (χ2v) is 4.35. The Morgan fingerprint density at radius 3 is 2.83 bits per heavy atom. The van der Waals surface area contributed by atoms with E-state index in [0.717, 1.165) is 0 Å². The molecule has 0 amide bonds. The van der Waals surface area contributed by atoms with E-state index in [4.69, 9.17) is 0 Å². The van der Waals surface area contributed by atoms with Crippen molar-refractivity contribution in [3.63, 3.8) is 0 Å². The molecule has 0 aromatic rings. The van der Waals surface area contributed by atoms with Crippen LogP contribution in [-0.4, -0.2) is 0 Å². The van der Waals surface area contributed by atoms with Gasteiger partial charge in [-0.15, -0.1) is 0 Å². The molecule has 0 saturated heterocycles. The number of allylic oxidation sites excluding steroid dienone is 4. The Morgan fingerprint density at radius 2 is 2.00 bits per heavy atom. The van der Waals surface area contributed by atoms with Crippen LogP contribution in [0.2, 0.25) is 4.81 Å². The normalized spacial score (nSPS) is 18.3. The zero-order valence-corrected chi connectivity index (χ0v) is 9.77. The minimum absolute atomic E-state index is 1.24. The van der Waals surface area contributed by atoms with Crippen molar-refractivity contribution in [2.75, 3.05) is 0 Å². The Labute approximate surface area is 87.0 Å². The molecule has 1 aliphatic carbocycles. The average molecular weight is 344 g/mol. The van der Waals surface area contributed by atoms with E-state index in [1.165, 1.54) is 43.3 Å². The molecule has 1 heteroatoms. The van der Waals surface area contributed by atoms with Crippen molar-refractivity contribution >= 4 is 0 Å². The Morgan fingerprint density at radius 1 is 1.17 bits per heavy atom. The first-order chi connectivity index (χ1) is 5.93. The molecule has 0 radical (unpaired) electrons. The minimum atomic E-state index is 1.24. The second-order valence-electron chi connectivity index (χ2n) is 3.21. The van der Waals surface area contributed by atoms with Crippen molar-refractivity contribution in [2.24, 2.45) is 0 Å². The molecular formula is C11H17Pt. The number of rotatable bonds is 3. The van der Waals surface area contributed by atoms with E-state index in [1.54, 1.807) is 5.57 Å². The fraction of sp³-hybridized carbons (Fsp3) is 0.636. The van der Waals surface area contributed by atoms with Crippen molar-refractivity contribution in [1.82, 2.24) is 0 Å². The molecule has 71 valence electrons. The zero-order valence-electron chi connectivity index (χ0n) is 7.50. The van der Waals surface area contributed by atoms with Crippen LogP contribution >= 0.6 is 0 Å². The second kappa shape index (κ2) is 6.66. The molecule has 1 aliphatic rings. The first-order valence-corrected chi connectivity index (χ1v) is 6.38. The summed E-state index contributed by atoms with van der Waals surface area (Å²) in [5.41, 5.74) is 1.69. The molecule has 0 heterocycles. The molecule has 0 spiro atoms. The van der Waals surface area contributed by atoms with Gasteiger partial charge in [-0.3, -0.25) is 0 Å². The van der Waals surface area contributed by atoms with E-state index in [9.17, 15) is 0 Å². The molecule has 0 aromatic heterocycles. The van der Waals surface area contributed by atoms with Gasteiger partial charge in [0, 0.05) is 0 Å². The number of hydrogen-bond donors (Lipinski definition) is 0. The summed E-state index contributed by atoms with van der Waals surface area (Å²) in [4.78, 5) is 1.30. The third kappa shape index (κ3) is 4.26. The maximum absolute atomic E-state index is 2.45. The van der Waals surface area contributed by atoms with E-state index in [0.29, 0.717) is 0 Å². The Bertz CT molecular complexity index is 168. The average Bonchev–Trinajstić information content (AvgIpc) is 2.02. The van der Waals surface area contributed by atoms with Crippen LogP contribution in [0.15, 0.2) is 23.8 Å². The van der Waals surface area contributed by atoms with Gasteiger partial charge < -0.3 is 0 Å². The molecular weight excluding hydrogens is 327 g/mol. The van der Waals surface area contributed by atoms with Crippen LogP contribution in [0.4, 0.5) is 0 Å². The van der Waals surface area contributed by atoms with Gasteiger partial charge in [0.1, 0.15) is 0 Å². The predicted octanol–water partition coefficient (Wildman–Crippen LogP) is 3.79. The Hall–Kier alpha value is 0.168. The van der Waals surface area contributed by atoms with E-state index in [-0.39, 0.29) is 0 Å². The molecule has 0 atom stereocenters. The Kier molecular flexibility index (Phi) is 5.69. The zero-order chi connectivity index (χ0) is 8.65. The van der Waals surface area contributed by atoms with Gasteiger partial charge in [0.05, 0.1) is 0 Å². The van der Waals surface area contributed by atoms with E-state index in [1.807, 2.05) is 0 Å². The SMILES string of the molecule is [Pt][CH2]CCC1=CCCC=CCC1. The maximum atomic E-state index is 2.45. The van der Waals surface area contributed by atoms with Crippen LogP contribution < -0.4 is 0 Å². The third-order valence-electron chi connectivity index (χ3n) is 2.17. The summed E-state index contributed by atoms with van der Waals surface area (Å²) in [6, 6.07) is 0. The quantitative estimate of drug-likeness (QED) is 0.684. The summed E-state index contributed by atoms with van der Waals surface area (Å²) >= 11 is 2.45. The molecule has 0 aliphatic heterocycles. The van der Waals surface area contributed by atoms with Gasteiger partial charge in [-0.1, -0.05) is 0 Å². The third-order valence-corrected chi connectivity index (χ3v) is 2.98. The van der Waals surface area contributed by atoms with Crippen molar-refractivity contribution in [3.05, 3.63) is 23.8 Å². The predicted molar refractivity (Wildman–Crippen MR) is 49.7 cm³/mol. The van der Waals surface area contributed by atoms with Gasteiger partial charge in [-0.2, -0.15) is 0 Å². The Balaban J connectivity index is 2.29. The fourth-order valence-electron chi connectivity index (χ4n) is 1.50. The van der Waals surface area contributed by atoms with Gasteiger partial charge >= 0.3 is 87.0 Å². The summed E-state index contributed by atoms with van der Waals surface area (Å²) in [6.07, 6.45) is 14.8. The molecule has 0 aromatic carbocycles. The molecule has 0 fully saturated rings. The van der Waals surface area contributed by atoms with E-state index < -0.39 is 0 Å². The molecule has 0 saturated carbocycles. The van der Waals surface area contributed by atoms with Gasteiger partial charge in [0.15, 0.2) is 0 Å². The van der Waals surface area contributed by atoms with Gasteiger partial charge in [-0.05, 0) is 0 Å². The first kappa shape index (κ1) is 10.3. The molecule has 12 heavy (non-hydrogen) atoms. The summed E-state index contributed by atoms with van der Waals surface area (Å²) in [5, 5.41) is 0.